The molecule has 114 valence electrons. The van der Waals surface area contributed by atoms with Crippen LogP contribution in [-0.2, 0) is 16.1 Å². The van der Waals surface area contributed by atoms with Gasteiger partial charge in [0.1, 0.15) is 18.9 Å². The van der Waals surface area contributed by atoms with Crippen molar-refractivity contribution in [2.75, 3.05) is 13.7 Å². The smallest absolute Gasteiger partial charge is 0.325 e. The maximum absolute atomic E-state index is 11.9. The van der Waals surface area contributed by atoms with E-state index in [1.54, 1.807) is 24.3 Å². The van der Waals surface area contributed by atoms with E-state index in [9.17, 15) is 9.59 Å². The van der Waals surface area contributed by atoms with Gasteiger partial charge in [-0.05, 0) is 23.8 Å². The van der Waals surface area contributed by atoms with E-state index in [-0.39, 0.29) is 19.1 Å². The van der Waals surface area contributed by atoms with Gasteiger partial charge < -0.3 is 14.8 Å². The summed E-state index contributed by atoms with van der Waals surface area (Å²) in [4.78, 5) is 23.5. The normalized spacial score (nSPS) is 9.86. The molecular formula is C17H17NO4. The Hall–Kier alpha value is -2.82. The molecule has 0 aromatic heterocycles. The first-order chi connectivity index (χ1) is 10.7. The Bertz CT molecular complexity index is 640. The van der Waals surface area contributed by atoms with E-state index in [1.807, 2.05) is 30.3 Å². The van der Waals surface area contributed by atoms with E-state index in [2.05, 4.69) is 5.32 Å². The van der Waals surface area contributed by atoms with Gasteiger partial charge >= 0.3 is 5.97 Å². The van der Waals surface area contributed by atoms with Crippen LogP contribution < -0.4 is 10.1 Å². The van der Waals surface area contributed by atoms with Crippen LogP contribution in [0.25, 0.3) is 0 Å². The van der Waals surface area contributed by atoms with Gasteiger partial charge in [0, 0.05) is 5.56 Å². The van der Waals surface area contributed by atoms with Crippen LogP contribution in [0.1, 0.15) is 15.9 Å². The number of esters is 1. The molecule has 0 unspecified atom stereocenters. The predicted molar refractivity (Wildman–Crippen MR) is 81.6 cm³/mol. The second kappa shape index (κ2) is 7.83. The lowest BCUT2D eigenvalue weighted by molar-refractivity contribution is -0.143. The number of methoxy groups -OCH3 is 1. The topological polar surface area (TPSA) is 64.6 Å². The van der Waals surface area contributed by atoms with Gasteiger partial charge in [0.2, 0.25) is 0 Å². The molecule has 0 aliphatic heterocycles. The first-order valence-corrected chi connectivity index (χ1v) is 6.81. The highest BCUT2D eigenvalue weighted by Crippen LogP contribution is 2.12. The van der Waals surface area contributed by atoms with Crippen molar-refractivity contribution in [1.29, 1.82) is 0 Å². The van der Waals surface area contributed by atoms with E-state index in [4.69, 9.17) is 9.47 Å². The van der Waals surface area contributed by atoms with E-state index < -0.39 is 5.97 Å². The monoisotopic (exact) mass is 299 g/mol. The Labute approximate surface area is 128 Å². The number of carbonyl (C=O) groups excluding carboxylic acids is 2. The number of ether oxygens (including phenoxy) is 2. The van der Waals surface area contributed by atoms with Gasteiger partial charge in [-0.25, -0.2) is 0 Å². The molecule has 2 rings (SSSR count). The van der Waals surface area contributed by atoms with Crippen LogP contribution in [0.15, 0.2) is 54.6 Å². The first-order valence-electron chi connectivity index (χ1n) is 6.81. The zero-order valence-electron chi connectivity index (χ0n) is 12.2. The quantitative estimate of drug-likeness (QED) is 0.830. The van der Waals surface area contributed by atoms with Gasteiger partial charge in [0.05, 0.1) is 7.11 Å². The second-order valence-electron chi connectivity index (χ2n) is 4.56. The van der Waals surface area contributed by atoms with Gasteiger partial charge in [-0.3, -0.25) is 9.59 Å². The number of hydrogen-bond acceptors (Lipinski definition) is 4. The summed E-state index contributed by atoms with van der Waals surface area (Å²) >= 11 is 0. The zero-order valence-corrected chi connectivity index (χ0v) is 12.2. The van der Waals surface area contributed by atoms with Crippen LogP contribution in [0.3, 0.4) is 0 Å². The van der Waals surface area contributed by atoms with Gasteiger partial charge in [-0.2, -0.15) is 0 Å². The van der Waals surface area contributed by atoms with Gasteiger partial charge in [-0.15, -0.1) is 0 Å². The Kier molecular flexibility index (Phi) is 5.54. The third-order valence-corrected chi connectivity index (χ3v) is 2.97. The van der Waals surface area contributed by atoms with Gasteiger partial charge in [0.15, 0.2) is 0 Å². The summed E-state index contributed by atoms with van der Waals surface area (Å²) < 4.78 is 10.1. The molecule has 22 heavy (non-hydrogen) atoms. The summed E-state index contributed by atoms with van der Waals surface area (Å²) in [6.07, 6.45) is 0. The minimum atomic E-state index is -0.486. The SMILES string of the molecule is COc1cccc(C(=O)NCC(=O)OCc2ccccc2)c1. The van der Waals surface area contributed by atoms with Crippen molar-refractivity contribution in [3.63, 3.8) is 0 Å². The average molecular weight is 299 g/mol. The fraction of sp³-hybridized carbons (Fsp3) is 0.176. The van der Waals surface area contributed by atoms with Crippen molar-refractivity contribution in [2.24, 2.45) is 0 Å². The minimum Gasteiger partial charge on any atom is -0.497 e. The Balaban J connectivity index is 1.79. The highest BCUT2D eigenvalue weighted by molar-refractivity contribution is 5.96. The van der Waals surface area contributed by atoms with Crippen molar-refractivity contribution >= 4 is 11.9 Å². The maximum atomic E-state index is 11.9. The molecule has 1 N–H and O–H groups in total. The third-order valence-electron chi connectivity index (χ3n) is 2.97. The third kappa shape index (κ3) is 4.63. The molecule has 2 aromatic rings. The Morgan fingerprint density at radius 1 is 1.05 bits per heavy atom. The highest BCUT2D eigenvalue weighted by Gasteiger charge is 2.09. The number of rotatable bonds is 6. The molecule has 0 radical (unpaired) electrons. The predicted octanol–water partition coefficient (Wildman–Crippen LogP) is 2.17. The summed E-state index contributed by atoms with van der Waals surface area (Å²) in [6.45, 7) is 0.0115. The van der Waals surface area contributed by atoms with Crippen molar-refractivity contribution in [3.8, 4) is 5.75 Å². The molecule has 0 aliphatic rings. The molecule has 0 saturated carbocycles. The van der Waals surface area contributed by atoms with E-state index in [0.29, 0.717) is 11.3 Å². The molecule has 5 heteroatoms. The van der Waals surface area contributed by atoms with Crippen LogP contribution in [0, 0.1) is 0 Å². The summed E-state index contributed by atoms with van der Waals surface area (Å²) in [5.41, 5.74) is 1.32. The second-order valence-corrected chi connectivity index (χ2v) is 4.56. The average Bonchev–Trinajstić information content (AvgIpc) is 2.58. The van der Waals surface area contributed by atoms with Crippen LogP contribution in [-0.4, -0.2) is 25.5 Å². The number of amides is 1. The molecule has 0 spiro atoms. The highest BCUT2D eigenvalue weighted by atomic mass is 16.5. The largest absolute Gasteiger partial charge is 0.497 e. The molecule has 5 nitrogen and oxygen atoms in total. The van der Waals surface area contributed by atoms with Gasteiger partial charge in [-0.1, -0.05) is 36.4 Å². The van der Waals surface area contributed by atoms with Crippen molar-refractivity contribution < 1.29 is 19.1 Å². The summed E-state index contributed by atoms with van der Waals surface area (Å²) in [6, 6.07) is 16.1. The molecule has 0 bridgehead atoms. The lowest BCUT2D eigenvalue weighted by Crippen LogP contribution is -2.30. The van der Waals surface area contributed by atoms with Crippen molar-refractivity contribution in [2.45, 2.75) is 6.61 Å². The number of benzene rings is 2. The van der Waals surface area contributed by atoms with Crippen LogP contribution in [0.5, 0.6) is 5.75 Å². The van der Waals surface area contributed by atoms with E-state index in [1.165, 1.54) is 7.11 Å². The maximum Gasteiger partial charge on any atom is 0.325 e. The molecule has 0 atom stereocenters. The molecule has 2 aromatic carbocycles. The number of carbonyl (C=O) groups is 2. The zero-order chi connectivity index (χ0) is 15.8. The van der Waals surface area contributed by atoms with Crippen molar-refractivity contribution in [3.05, 3.63) is 65.7 Å². The molecule has 0 fully saturated rings. The summed E-state index contributed by atoms with van der Waals surface area (Å²) in [7, 11) is 1.53. The molecule has 0 saturated heterocycles. The van der Waals surface area contributed by atoms with Crippen LogP contribution in [0.4, 0.5) is 0 Å². The molecule has 1 amide bonds. The molecular weight excluding hydrogens is 282 g/mol. The van der Waals surface area contributed by atoms with Crippen molar-refractivity contribution in [1.82, 2.24) is 5.32 Å². The minimum absolute atomic E-state index is 0.178. The first kappa shape index (κ1) is 15.6. The fourth-order valence-electron chi connectivity index (χ4n) is 1.81. The number of hydrogen-bond donors (Lipinski definition) is 1. The standard InChI is InChI=1S/C17H17NO4/c1-21-15-9-5-8-14(10-15)17(20)18-11-16(19)22-12-13-6-3-2-4-7-13/h2-10H,11-12H2,1H3,(H,18,20). The Morgan fingerprint density at radius 2 is 1.82 bits per heavy atom. The Morgan fingerprint density at radius 3 is 2.55 bits per heavy atom. The van der Waals surface area contributed by atoms with Crippen LogP contribution >= 0.6 is 0 Å². The summed E-state index contributed by atoms with van der Waals surface area (Å²) in [5, 5.41) is 2.52. The van der Waals surface area contributed by atoms with E-state index in [0.717, 1.165) is 5.56 Å². The summed E-state index contributed by atoms with van der Waals surface area (Å²) in [5.74, 6) is -0.255. The lowest BCUT2D eigenvalue weighted by Gasteiger charge is -2.07. The van der Waals surface area contributed by atoms with E-state index >= 15 is 0 Å². The molecule has 0 aliphatic carbocycles. The molecule has 0 heterocycles. The van der Waals surface area contributed by atoms with Crippen LogP contribution in [0.2, 0.25) is 0 Å². The number of nitrogens with one attached hydrogen (secondary N) is 1. The van der Waals surface area contributed by atoms with Gasteiger partial charge in [0.25, 0.3) is 5.91 Å². The fourth-order valence-corrected chi connectivity index (χ4v) is 1.81. The lowest BCUT2D eigenvalue weighted by atomic mass is 10.2.